The van der Waals surface area contributed by atoms with Crippen molar-refractivity contribution in [3.8, 4) is 5.75 Å². The molecule has 0 aliphatic carbocycles. The van der Waals surface area contributed by atoms with Crippen LogP contribution in [0.1, 0.15) is 16.7 Å². The van der Waals surface area contributed by atoms with Crippen molar-refractivity contribution in [2.45, 2.75) is 20.0 Å². The lowest BCUT2D eigenvalue weighted by Crippen LogP contribution is -2.39. The Balaban J connectivity index is 1.80. The summed E-state index contributed by atoms with van der Waals surface area (Å²) in [5, 5.41) is 5.22. The van der Waals surface area contributed by atoms with E-state index in [9.17, 15) is 9.59 Å². The van der Waals surface area contributed by atoms with Crippen LogP contribution in [0.5, 0.6) is 5.75 Å². The van der Waals surface area contributed by atoms with Crippen LogP contribution >= 0.6 is 0 Å². The van der Waals surface area contributed by atoms with Crippen molar-refractivity contribution < 1.29 is 14.3 Å². The van der Waals surface area contributed by atoms with Crippen LogP contribution in [0.3, 0.4) is 0 Å². The van der Waals surface area contributed by atoms with Crippen LogP contribution in [-0.4, -0.2) is 18.9 Å². The molecule has 2 rings (SSSR count). The van der Waals surface area contributed by atoms with Crippen LogP contribution in [0.2, 0.25) is 0 Å². The van der Waals surface area contributed by atoms with Crippen LogP contribution < -0.4 is 15.4 Å². The highest BCUT2D eigenvalue weighted by Gasteiger charge is 2.12. The highest BCUT2D eigenvalue weighted by atomic mass is 16.5. The van der Waals surface area contributed by atoms with E-state index in [0.717, 1.165) is 22.4 Å². The summed E-state index contributed by atoms with van der Waals surface area (Å²) in [5.74, 6) is -0.535. The molecular weight excluding hydrogens is 292 g/mol. The van der Waals surface area contributed by atoms with Gasteiger partial charge in [-0.1, -0.05) is 36.4 Å². The van der Waals surface area contributed by atoms with Crippen molar-refractivity contribution in [1.29, 1.82) is 0 Å². The Morgan fingerprint density at radius 3 is 2.13 bits per heavy atom. The molecule has 0 atom stereocenters. The molecular formula is C18H20N2O3. The molecule has 0 radical (unpaired) electrons. The summed E-state index contributed by atoms with van der Waals surface area (Å²) in [4.78, 5) is 23.6. The molecule has 0 aliphatic rings. The van der Waals surface area contributed by atoms with Gasteiger partial charge in [0.15, 0.2) is 0 Å². The molecule has 0 aliphatic heterocycles. The number of aryl methyl sites for hydroxylation is 1. The molecule has 0 spiro atoms. The Morgan fingerprint density at radius 2 is 1.52 bits per heavy atom. The van der Waals surface area contributed by atoms with Gasteiger partial charge in [0.25, 0.3) is 0 Å². The zero-order chi connectivity index (χ0) is 16.7. The molecule has 5 heteroatoms. The van der Waals surface area contributed by atoms with Gasteiger partial charge in [0.05, 0.1) is 7.11 Å². The van der Waals surface area contributed by atoms with E-state index in [1.54, 1.807) is 19.2 Å². The molecule has 5 nitrogen and oxygen atoms in total. The summed E-state index contributed by atoms with van der Waals surface area (Å²) in [6.07, 6.45) is 0. The number of amides is 2. The average Bonchev–Trinajstić information content (AvgIpc) is 2.59. The Kier molecular flexibility index (Phi) is 5.74. The predicted octanol–water partition coefficient (Wildman–Crippen LogP) is 1.94. The van der Waals surface area contributed by atoms with Gasteiger partial charge in [-0.05, 0) is 35.7 Å². The van der Waals surface area contributed by atoms with E-state index in [0.29, 0.717) is 13.1 Å². The first kappa shape index (κ1) is 16.5. The molecule has 0 saturated heterocycles. The van der Waals surface area contributed by atoms with Gasteiger partial charge in [0.2, 0.25) is 0 Å². The maximum absolute atomic E-state index is 11.8. The van der Waals surface area contributed by atoms with Gasteiger partial charge >= 0.3 is 11.8 Å². The Hall–Kier alpha value is -2.82. The van der Waals surface area contributed by atoms with Crippen LogP contribution in [0.25, 0.3) is 0 Å². The first-order valence-electron chi connectivity index (χ1n) is 7.33. The molecule has 0 fully saturated rings. The highest BCUT2D eigenvalue weighted by molar-refractivity contribution is 6.35. The van der Waals surface area contributed by atoms with Crippen molar-refractivity contribution >= 4 is 11.8 Å². The minimum absolute atomic E-state index is 0.292. The SMILES string of the molecule is COc1ccc(CNC(=O)C(=O)NCc2ccccc2C)cc1. The van der Waals surface area contributed by atoms with E-state index in [4.69, 9.17) is 4.74 Å². The number of carbonyl (C=O) groups excluding carboxylic acids is 2. The Morgan fingerprint density at radius 1 is 0.913 bits per heavy atom. The molecule has 0 heterocycles. The fraction of sp³-hybridized carbons (Fsp3) is 0.222. The molecule has 2 aromatic rings. The standard InChI is InChI=1S/C18H20N2O3/c1-13-5-3-4-6-15(13)12-20-18(22)17(21)19-11-14-7-9-16(23-2)10-8-14/h3-10H,11-12H2,1-2H3,(H,19,21)(H,20,22). The number of carbonyl (C=O) groups is 2. The van der Waals surface area contributed by atoms with Gasteiger partial charge in [-0.15, -0.1) is 0 Å². The molecule has 0 unspecified atom stereocenters. The first-order valence-corrected chi connectivity index (χ1v) is 7.33. The van der Waals surface area contributed by atoms with Gasteiger partial charge in [-0.3, -0.25) is 9.59 Å². The third kappa shape index (κ3) is 4.85. The number of nitrogens with one attached hydrogen (secondary N) is 2. The second-order valence-corrected chi connectivity index (χ2v) is 5.14. The van der Waals surface area contributed by atoms with Crippen molar-refractivity contribution in [2.75, 3.05) is 7.11 Å². The van der Waals surface area contributed by atoms with Crippen molar-refractivity contribution in [3.63, 3.8) is 0 Å². The van der Waals surface area contributed by atoms with Gasteiger partial charge in [0.1, 0.15) is 5.75 Å². The minimum atomic E-state index is -0.644. The highest BCUT2D eigenvalue weighted by Crippen LogP contribution is 2.11. The second-order valence-electron chi connectivity index (χ2n) is 5.14. The van der Waals surface area contributed by atoms with Crippen molar-refractivity contribution in [3.05, 3.63) is 65.2 Å². The second kappa shape index (κ2) is 7.98. The smallest absolute Gasteiger partial charge is 0.309 e. The lowest BCUT2D eigenvalue weighted by molar-refractivity contribution is -0.139. The normalized spacial score (nSPS) is 10.0. The molecule has 2 aromatic carbocycles. The van der Waals surface area contributed by atoms with Crippen LogP contribution in [-0.2, 0) is 22.7 Å². The number of hydrogen-bond acceptors (Lipinski definition) is 3. The number of methoxy groups -OCH3 is 1. The lowest BCUT2D eigenvalue weighted by atomic mass is 10.1. The van der Waals surface area contributed by atoms with Gasteiger partial charge < -0.3 is 15.4 Å². The van der Waals surface area contributed by atoms with E-state index in [-0.39, 0.29) is 0 Å². The maximum Gasteiger partial charge on any atom is 0.309 e. The van der Waals surface area contributed by atoms with E-state index in [1.165, 1.54) is 0 Å². The number of benzene rings is 2. The lowest BCUT2D eigenvalue weighted by Gasteiger charge is -2.09. The molecule has 0 aromatic heterocycles. The predicted molar refractivity (Wildman–Crippen MR) is 87.9 cm³/mol. The minimum Gasteiger partial charge on any atom is -0.497 e. The fourth-order valence-electron chi connectivity index (χ4n) is 2.07. The zero-order valence-corrected chi connectivity index (χ0v) is 13.3. The van der Waals surface area contributed by atoms with E-state index in [2.05, 4.69) is 10.6 Å². The van der Waals surface area contributed by atoms with Crippen molar-refractivity contribution in [2.24, 2.45) is 0 Å². The summed E-state index contributed by atoms with van der Waals surface area (Å²) >= 11 is 0. The van der Waals surface area contributed by atoms with Gasteiger partial charge in [0, 0.05) is 13.1 Å². The average molecular weight is 312 g/mol. The van der Waals surface area contributed by atoms with Crippen LogP contribution in [0, 0.1) is 6.92 Å². The Bertz CT molecular complexity index is 681. The number of ether oxygens (including phenoxy) is 1. The summed E-state index contributed by atoms with van der Waals surface area (Å²) < 4.78 is 5.07. The molecule has 2 amide bonds. The van der Waals surface area contributed by atoms with Crippen molar-refractivity contribution in [1.82, 2.24) is 10.6 Å². The zero-order valence-electron chi connectivity index (χ0n) is 13.3. The third-order valence-corrected chi connectivity index (χ3v) is 3.52. The third-order valence-electron chi connectivity index (χ3n) is 3.52. The van der Waals surface area contributed by atoms with Crippen LogP contribution in [0.4, 0.5) is 0 Å². The van der Waals surface area contributed by atoms with E-state index >= 15 is 0 Å². The van der Waals surface area contributed by atoms with Crippen LogP contribution in [0.15, 0.2) is 48.5 Å². The molecule has 0 saturated carbocycles. The van der Waals surface area contributed by atoms with E-state index in [1.807, 2.05) is 43.3 Å². The summed E-state index contributed by atoms with van der Waals surface area (Å²) in [6, 6.07) is 15.0. The monoisotopic (exact) mass is 312 g/mol. The molecule has 120 valence electrons. The quantitative estimate of drug-likeness (QED) is 0.829. The van der Waals surface area contributed by atoms with E-state index < -0.39 is 11.8 Å². The molecule has 23 heavy (non-hydrogen) atoms. The first-order chi connectivity index (χ1) is 11.1. The molecule has 2 N–H and O–H groups in total. The Labute approximate surface area is 135 Å². The van der Waals surface area contributed by atoms with Gasteiger partial charge in [-0.25, -0.2) is 0 Å². The van der Waals surface area contributed by atoms with Gasteiger partial charge in [-0.2, -0.15) is 0 Å². The summed E-state index contributed by atoms with van der Waals surface area (Å²) in [7, 11) is 1.59. The number of hydrogen-bond donors (Lipinski definition) is 2. The fourth-order valence-corrected chi connectivity index (χ4v) is 2.07. The largest absolute Gasteiger partial charge is 0.497 e. The molecule has 0 bridgehead atoms. The number of rotatable bonds is 5. The summed E-state index contributed by atoms with van der Waals surface area (Å²) in [5.41, 5.74) is 2.96. The maximum atomic E-state index is 11.8. The topological polar surface area (TPSA) is 67.4 Å². The summed E-state index contributed by atoms with van der Waals surface area (Å²) in [6.45, 7) is 2.59.